The highest BCUT2D eigenvalue weighted by Gasteiger charge is 2.09. The average Bonchev–Trinajstić information content (AvgIpc) is 3.15. The summed E-state index contributed by atoms with van der Waals surface area (Å²) < 4.78 is 7.29. The van der Waals surface area contributed by atoms with Crippen LogP contribution in [0, 0.1) is 6.92 Å². The maximum atomic E-state index is 12.4. The van der Waals surface area contributed by atoms with Crippen molar-refractivity contribution in [2.24, 2.45) is 0 Å². The van der Waals surface area contributed by atoms with E-state index in [1.165, 1.54) is 6.92 Å². The third-order valence-corrected chi connectivity index (χ3v) is 4.75. The van der Waals surface area contributed by atoms with Crippen LogP contribution in [-0.2, 0) is 0 Å². The Kier molecular flexibility index (Phi) is 3.74. The molecular weight excluding hydrogens is 362 g/mol. The van der Waals surface area contributed by atoms with E-state index in [1.807, 2.05) is 12.1 Å². The molecule has 0 aliphatic rings. The Balaban J connectivity index is 1.82. The van der Waals surface area contributed by atoms with E-state index in [-0.39, 0.29) is 16.2 Å². The van der Waals surface area contributed by atoms with E-state index in [4.69, 9.17) is 16.0 Å². The first kappa shape index (κ1) is 15.7. The number of furan rings is 1. The van der Waals surface area contributed by atoms with Crippen LogP contribution >= 0.6 is 22.9 Å². The Morgan fingerprint density at radius 1 is 1.24 bits per heavy atom. The van der Waals surface area contributed by atoms with Crippen LogP contribution < -0.4 is 15.7 Å². The number of halogens is 1. The molecule has 0 saturated carbocycles. The smallest absolute Gasteiger partial charge is 0.295 e. The molecule has 0 spiro atoms. The Hall–Kier alpha value is -2.77. The SMILES string of the molecule is Cc1nn2c(=O)/c(=C/c3ccc(-c4cccc(Cl)c4)o3)sc2nc1=O. The van der Waals surface area contributed by atoms with Gasteiger partial charge in [-0.25, -0.2) is 0 Å². The van der Waals surface area contributed by atoms with Crippen LogP contribution in [0.5, 0.6) is 0 Å². The number of rotatable bonds is 2. The summed E-state index contributed by atoms with van der Waals surface area (Å²) in [6, 6.07) is 10.9. The van der Waals surface area contributed by atoms with Crippen molar-refractivity contribution in [3.63, 3.8) is 0 Å². The molecular formula is C17H10ClN3O3S. The molecule has 25 heavy (non-hydrogen) atoms. The van der Waals surface area contributed by atoms with E-state index >= 15 is 0 Å². The standard InChI is InChI=1S/C17H10ClN3O3S/c1-9-15(22)19-17-21(20-9)16(23)14(25-17)8-12-5-6-13(24-12)10-3-2-4-11(18)7-10/h2-8H,1H3/b14-8-. The van der Waals surface area contributed by atoms with Gasteiger partial charge in [-0.3, -0.25) is 9.59 Å². The summed E-state index contributed by atoms with van der Waals surface area (Å²) in [5.74, 6) is 1.15. The summed E-state index contributed by atoms with van der Waals surface area (Å²) >= 11 is 7.08. The van der Waals surface area contributed by atoms with Crippen LogP contribution in [0.25, 0.3) is 22.4 Å². The highest BCUT2D eigenvalue weighted by molar-refractivity contribution is 7.15. The van der Waals surface area contributed by atoms with Crippen LogP contribution in [-0.4, -0.2) is 14.6 Å². The third-order valence-electron chi connectivity index (χ3n) is 3.55. The number of hydrogen-bond donors (Lipinski definition) is 0. The fraction of sp³-hybridized carbons (Fsp3) is 0.0588. The average molecular weight is 372 g/mol. The number of fused-ring (bicyclic) bond motifs is 1. The van der Waals surface area contributed by atoms with Crippen LogP contribution in [0.3, 0.4) is 0 Å². The van der Waals surface area contributed by atoms with Gasteiger partial charge in [0.15, 0.2) is 0 Å². The highest BCUT2D eigenvalue weighted by Crippen LogP contribution is 2.25. The number of benzene rings is 1. The molecule has 0 saturated heterocycles. The van der Waals surface area contributed by atoms with Gasteiger partial charge in [0.2, 0.25) is 4.96 Å². The minimum absolute atomic E-state index is 0.181. The van der Waals surface area contributed by atoms with Crippen molar-refractivity contribution >= 4 is 34.0 Å². The van der Waals surface area contributed by atoms with E-state index in [1.54, 1.807) is 30.3 Å². The Labute approximate surface area is 149 Å². The summed E-state index contributed by atoms with van der Waals surface area (Å²) in [6.45, 7) is 1.52. The van der Waals surface area contributed by atoms with Crippen molar-refractivity contribution in [2.75, 3.05) is 0 Å². The van der Waals surface area contributed by atoms with Gasteiger partial charge in [-0.2, -0.15) is 14.6 Å². The van der Waals surface area contributed by atoms with Crippen molar-refractivity contribution in [1.82, 2.24) is 14.6 Å². The van der Waals surface area contributed by atoms with Gasteiger partial charge in [0.05, 0.1) is 0 Å². The number of thiazole rings is 1. The summed E-state index contributed by atoms with van der Waals surface area (Å²) in [5, 5.41) is 4.59. The van der Waals surface area contributed by atoms with Crippen LogP contribution in [0.4, 0.5) is 0 Å². The molecule has 6 nitrogen and oxygen atoms in total. The van der Waals surface area contributed by atoms with Crippen LogP contribution in [0.15, 0.2) is 50.4 Å². The zero-order chi connectivity index (χ0) is 17.6. The van der Waals surface area contributed by atoms with Crippen molar-refractivity contribution in [1.29, 1.82) is 0 Å². The normalized spacial score (nSPS) is 12.2. The van der Waals surface area contributed by atoms with Gasteiger partial charge in [-0.05, 0) is 31.2 Å². The largest absolute Gasteiger partial charge is 0.457 e. The third kappa shape index (κ3) is 2.88. The van der Waals surface area contributed by atoms with Gasteiger partial charge >= 0.3 is 0 Å². The Morgan fingerprint density at radius 2 is 2.08 bits per heavy atom. The van der Waals surface area contributed by atoms with E-state index in [9.17, 15) is 9.59 Å². The monoisotopic (exact) mass is 371 g/mol. The topological polar surface area (TPSA) is 77.5 Å². The predicted octanol–water partition coefficient (Wildman–Crippen LogP) is 2.28. The molecule has 0 fully saturated rings. The fourth-order valence-electron chi connectivity index (χ4n) is 2.34. The molecule has 3 heterocycles. The zero-order valence-corrected chi connectivity index (χ0v) is 14.5. The maximum Gasteiger partial charge on any atom is 0.295 e. The summed E-state index contributed by atoms with van der Waals surface area (Å²) in [5.41, 5.74) is 0.251. The van der Waals surface area contributed by atoms with Gasteiger partial charge in [-0.1, -0.05) is 35.1 Å². The molecule has 0 bridgehead atoms. The van der Waals surface area contributed by atoms with Crippen molar-refractivity contribution < 1.29 is 4.42 Å². The zero-order valence-electron chi connectivity index (χ0n) is 12.9. The fourth-order valence-corrected chi connectivity index (χ4v) is 3.42. The van der Waals surface area contributed by atoms with Crippen molar-refractivity contribution in [2.45, 2.75) is 6.92 Å². The molecule has 0 amide bonds. The number of hydrogen-bond acceptors (Lipinski definition) is 6. The lowest BCUT2D eigenvalue weighted by Gasteiger charge is -1.96. The van der Waals surface area contributed by atoms with E-state index in [0.29, 0.717) is 21.1 Å². The van der Waals surface area contributed by atoms with Crippen molar-refractivity contribution in [3.8, 4) is 11.3 Å². The molecule has 3 aromatic heterocycles. The second-order valence-corrected chi connectivity index (χ2v) is 6.77. The lowest BCUT2D eigenvalue weighted by atomic mass is 10.2. The van der Waals surface area contributed by atoms with E-state index < -0.39 is 5.56 Å². The molecule has 0 aliphatic carbocycles. The minimum Gasteiger partial charge on any atom is -0.457 e. The van der Waals surface area contributed by atoms with Gasteiger partial charge in [-0.15, -0.1) is 0 Å². The quantitative estimate of drug-likeness (QED) is 0.540. The first-order chi connectivity index (χ1) is 12.0. The molecule has 4 rings (SSSR count). The molecule has 0 radical (unpaired) electrons. The lowest BCUT2D eigenvalue weighted by molar-refractivity contribution is 0.571. The number of nitrogens with zero attached hydrogens (tertiary/aromatic N) is 3. The Bertz CT molecular complexity index is 1270. The first-order valence-corrected chi connectivity index (χ1v) is 8.49. The second-order valence-electron chi connectivity index (χ2n) is 5.32. The molecule has 0 N–H and O–H groups in total. The van der Waals surface area contributed by atoms with E-state index in [2.05, 4.69) is 10.1 Å². The van der Waals surface area contributed by atoms with Gasteiger partial charge in [0, 0.05) is 16.7 Å². The lowest BCUT2D eigenvalue weighted by Crippen LogP contribution is -2.27. The van der Waals surface area contributed by atoms with Crippen LogP contribution in [0.2, 0.25) is 5.02 Å². The molecule has 0 aliphatic heterocycles. The molecule has 0 unspecified atom stereocenters. The minimum atomic E-state index is -0.436. The number of aromatic nitrogens is 3. The van der Waals surface area contributed by atoms with E-state index in [0.717, 1.165) is 21.4 Å². The summed E-state index contributed by atoms with van der Waals surface area (Å²) in [7, 11) is 0. The predicted molar refractivity (Wildman–Crippen MR) is 96.1 cm³/mol. The molecule has 1 aromatic carbocycles. The maximum absolute atomic E-state index is 12.4. The highest BCUT2D eigenvalue weighted by atomic mass is 35.5. The second kappa shape index (κ2) is 5.94. The molecule has 0 atom stereocenters. The molecule has 4 aromatic rings. The van der Waals surface area contributed by atoms with Crippen LogP contribution in [0.1, 0.15) is 11.5 Å². The first-order valence-electron chi connectivity index (χ1n) is 7.29. The summed E-state index contributed by atoms with van der Waals surface area (Å²) in [4.78, 5) is 28.1. The number of aryl methyl sites for hydroxylation is 1. The summed E-state index contributed by atoms with van der Waals surface area (Å²) in [6.07, 6.45) is 1.61. The van der Waals surface area contributed by atoms with Crippen molar-refractivity contribution in [3.05, 3.63) is 78.1 Å². The Morgan fingerprint density at radius 3 is 2.88 bits per heavy atom. The van der Waals surface area contributed by atoms with Gasteiger partial charge in [0.25, 0.3) is 11.1 Å². The van der Waals surface area contributed by atoms with Gasteiger partial charge in [0.1, 0.15) is 21.7 Å². The molecule has 124 valence electrons. The molecule has 8 heteroatoms. The van der Waals surface area contributed by atoms with Gasteiger partial charge < -0.3 is 4.42 Å².